The first-order valence-electron chi connectivity index (χ1n) is 5.10. The van der Waals surface area contributed by atoms with E-state index >= 15 is 0 Å². The molecule has 0 aliphatic rings. The molecule has 1 heterocycles. The van der Waals surface area contributed by atoms with Crippen molar-refractivity contribution in [3.05, 3.63) is 47.1 Å². The summed E-state index contributed by atoms with van der Waals surface area (Å²) in [6.45, 7) is 0. The van der Waals surface area contributed by atoms with Crippen molar-refractivity contribution in [2.75, 3.05) is 7.11 Å². The Morgan fingerprint density at radius 1 is 1.22 bits per heavy atom. The quantitative estimate of drug-likeness (QED) is 0.849. The minimum absolute atomic E-state index is 0.351. The molecule has 0 radical (unpaired) electrons. The Kier molecular flexibility index (Phi) is 3.66. The molecule has 0 amide bonds. The number of halogens is 1. The molecule has 0 aliphatic carbocycles. The second-order valence-corrected chi connectivity index (χ2v) is 3.81. The molecule has 0 N–H and O–H groups in total. The fourth-order valence-electron chi connectivity index (χ4n) is 1.35. The van der Waals surface area contributed by atoms with Crippen molar-refractivity contribution in [2.45, 2.75) is 0 Å². The number of hydrogen-bond donors (Lipinski definition) is 0. The van der Waals surface area contributed by atoms with Gasteiger partial charge in [0.2, 0.25) is 5.88 Å². The van der Waals surface area contributed by atoms with Gasteiger partial charge in [0.15, 0.2) is 0 Å². The third-order valence-corrected chi connectivity index (χ3v) is 2.47. The Labute approximate surface area is 109 Å². The van der Waals surface area contributed by atoms with Crippen LogP contribution in [0, 0.1) is 11.3 Å². The van der Waals surface area contributed by atoms with E-state index in [1.807, 2.05) is 6.07 Å². The standard InChI is InChI=1S/C13H9ClN2O2/c1-17-13-12(14)6-11(8-16-13)18-10-4-2-9(7-15)3-5-10/h2-6,8H,1H3. The molecule has 0 saturated carbocycles. The van der Waals surface area contributed by atoms with Crippen molar-refractivity contribution < 1.29 is 9.47 Å². The van der Waals surface area contributed by atoms with Crippen LogP contribution in [-0.2, 0) is 0 Å². The first-order chi connectivity index (χ1) is 8.72. The van der Waals surface area contributed by atoms with Crippen molar-refractivity contribution in [3.8, 4) is 23.4 Å². The molecule has 90 valence electrons. The van der Waals surface area contributed by atoms with Crippen LogP contribution in [0.5, 0.6) is 17.4 Å². The number of hydrogen-bond acceptors (Lipinski definition) is 4. The SMILES string of the molecule is COc1ncc(Oc2ccc(C#N)cc2)cc1Cl. The van der Waals surface area contributed by atoms with Gasteiger partial charge in [0.1, 0.15) is 16.5 Å². The van der Waals surface area contributed by atoms with Crippen molar-refractivity contribution in [1.29, 1.82) is 5.26 Å². The molecule has 0 aliphatic heterocycles. The Bertz CT molecular complexity index is 591. The van der Waals surface area contributed by atoms with Crippen LogP contribution in [0.4, 0.5) is 0 Å². The number of nitriles is 1. The molecule has 4 nitrogen and oxygen atoms in total. The van der Waals surface area contributed by atoms with Gasteiger partial charge in [0.05, 0.1) is 24.9 Å². The predicted molar refractivity (Wildman–Crippen MR) is 67.0 cm³/mol. The third-order valence-electron chi connectivity index (χ3n) is 2.19. The number of aromatic nitrogens is 1. The summed E-state index contributed by atoms with van der Waals surface area (Å²) < 4.78 is 10.5. The second kappa shape index (κ2) is 5.39. The lowest BCUT2D eigenvalue weighted by Gasteiger charge is -2.07. The van der Waals surface area contributed by atoms with Crippen molar-refractivity contribution in [3.63, 3.8) is 0 Å². The van der Waals surface area contributed by atoms with Gasteiger partial charge in [-0.15, -0.1) is 0 Å². The van der Waals surface area contributed by atoms with Gasteiger partial charge in [0.25, 0.3) is 0 Å². The number of benzene rings is 1. The lowest BCUT2D eigenvalue weighted by Crippen LogP contribution is -1.90. The molecule has 18 heavy (non-hydrogen) atoms. The molecular formula is C13H9ClN2O2. The largest absolute Gasteiger partial charge is 0.480 e. The Hall–Kier alpha value is -2.25. The lowest BCUT2D eigenvalue weighted by molar-refractivity contribution is 0.395. The third kappa shape index (κ3) is 2.70. The number of ether oxygens (including phenoxy) is 2. The molecule has 0 fully saturated rings. The Balaban J connectivity index is 2.18. The van der Waals surface area contributed by atoms with E-state index in [9.17, 15) is 0 Å². The average molecular weight is 261 g/mol. The fraction of sp³-hybridized carbons (Fsp3) is 0.0769. The summed E-state index contributed by atoms with van der Waals surface area (Å²) in [5.41, 5.74) is 0.577. The Morgan fingerprint density at radius 3 is 2.50 bits per heavy atom. The van der Waals surface area contributed by atoms with Gasteiger partial charge in [0, 0.05) is 6.07 Å². The normalized spacial score (nSPS) is 9.61. The zero-order valence-electron chi connectivity index (χ0n) is 9.55. The van der Waals surface area contributed by atoms with E-state index in [0.717, 1.165) is 0 Å². The summed E-state index contributed by atoms with van der Waals surface area (Å²) >= 11 is 5.93. The number of methoxy groups -OCH3 is 1. The van der Waals surface area contributed by atoms with Crippen molar-refractivity contribution >= 4 is 11.6 Å². The highest BCUT2D eigenvalue weighted by atomic mass is 35.5. The van der Waals surface area contributed by atoms with E-state index in [4.69, 9.17) is 26.3 Å². The van der Waals surface area contributed by atoms with Crippen LogP contribution in [-0.4, -0.2) is 12.1 Å². The molecule has 1 aromatic carbocycles. The van der Waals surface area contributed by atoms with Gasteiger partial charge in [-0.25, -0.2) is 4.98 Å². The second-order valence-electron chi connectivity index (χ2n) is 3.40. The van der Waals surface area contributed by atoms with E-state index < -0.39 is 0 Å². The number of nitrogens with zero attached hydrogens (tertiary/aromatic N) is 2. The van der Waals surface area contributed by atoms with Gasteiger partial charge < -0.3 is 9.47 Å². The van der Waals surface area contributed by atoms with Crippen LogP contribution in [0.15, 0.2) is 36.5 Å². The molecule has 2 aromatic rings. The minimum atomic E-state index is 0.351. The van der Waals surface area contributed by atoms with Crippen LogP contribution in [0.1, 0.15) is 5.56 Å². The molecule has 5 heteroatoms. The van der Waals surface area contributed by atoms with Gasteiger partial charge in [-0.3, -0.25) is 0 Å². The van der Waals surface area contributed by atoms with Crippen LogP contribution in [0.3, 0.4) is 0 Å². The Morgan fingerprint density at radius 2 is 1.94 bits per heavy atom. The molecule has 0 unspecified atom stereocenters. The van der Waals surface area contributed by atoms with Gasteiger partial charge >= 0.3 is 0 Å². The first kappa shape index (κ1) is 12.2. The van der Waals surface area contributed by atoms with Gasteiger partial charge in [-0.1, -0.05) is 11.6 Å². The number of rotatable bonds is 3. The maximum absolute atomic E-state index is 8.68. The average Bonchev–Trinajstić information content (AvgIpc) is 2.40. The molecule has 0 bridgehead atoms. The monoisotopic (exact) mass is 260 g/mol. The lowest BCUT2D eigenvalue weighted by atomic mass is 10.2. The molecular weight excluding hydrogens is 252 g/mol. The van der Waals surface area contributed by atoms with E-state index in [2.05, 4.69) is 4.98 Å². The van der Waals surface area contributed by atoms with Crippen molar-refractivity contribution in [2.24, 2.45) is 0 Å². The maximum Gasteiger partial charge on any atom is 0.232 e. The fourth-order valence-corrected chi connectivity index (χ4v) is 1.58. The van der Waals surface area contributed by atoms with E-state index in [0.29, 0.717) is 28.0 Å². The van der Waals surface area contributed by atoms with Crippen molar-refractivity contribution in [1.82, 2.24) is 4.98 Å². The van der Waals surface area contributed by atoms with Gasteiger partial charge in [-0.05, 0) is 24.3 Å². The summed E-state index contributed by atoms with van der Waals surface area (Å²) in [5.74, 6) is 1.46. The molecule has 1 aromatic heterocycles. The predicted octanol–water partition coefficient (Wildman–Crippen LogP) is 3.41. The molecule has 0 saturated heterocycles. The van der Waals surface area contributed by atoms with Gasteiger partial charge in [-0.2, -0.15) is 5.26 Å². The van der Waals surface area contributed by atoms with E-state index in [1.54, 1.807) is 30.3 Å². The summed E-state index contributed by atoms with van der Waals surface area (Å²) in [7, 11) is 1.50. The van der Waals surface area contributed by atoms with E-state index in [1.165, 1.54) is 13.3 Å². The highest BCUT2D eigenvalue weighted by molar-refractivity contribution is 6.31. The highest BCUT2D eigenvalue weighted by Gasteiger charge is 2.05. The zero-order chi connectivity index (χ0) is 13.0. The highest BCUT2D eigenvalue weighted by Crippen LogP contribution is 2.28. The van der Waals surface area contributed by atoms with Crippen LogP contribution < -0.4 is 9.47 Å². The smallest absolute Gasteiger partial charge is 0.232 e. The van der Waals surface area contributed by atoms with Crippen LogP contribution in [0.25, 0.3) is 0 Å². The minimum Gasteiger partial charge on any atom is -0.480 e. The number of pyridine rings is 1. The molecule has 0 spiro atoms. The topological polar surface area (TPSA) is 55.1 Å². The summed E-state index contributed by atoms with van der Waals surface area (Å²) in [6, 6.07) is 10.4. The zero-order valence-corrected chi connectivity index (χ0v) is 10.3. The van der Waals surface area contributed by atoms with E-state index in [-0.39, 0.29) is 0 Å². The summed E-state index contributed by atoms with van der Waals surface area (Å²) in [4.78, 5) is 4.00. The maximum atomic E-state index is 8.68. The van der Waals surface area contributed by atoms with Crippen LogP contribution >= 0.6 is 11.6 Å². The molecule has 2 rings (SSSR count). The first-order valence-corrected chi connectivity index (χ1v) is 5.48. The summed E-state index contributed by atoms with van der Waals surface area (Å²) in [6.07, 6.45) is 1.52. The van der Waals surface area contributed by atoms with Crippen LogP contribution in [0.2, 0.25) is 5.02 Å². The molecule has 0 atom stereocenters. The summed E-state index contributed by atoms with van der Waals surface area (Å²) in [5, 5.41) is 9.06.